The number of nitrogens with one attached hydrogen (secondary N) is 3. The molecule has 1 aliphatic heterocycles. The van der Waals surface area contributed by atoms with E-state index in [0.29, 0.717) is 45.1 Å². The lowest BCUT2D eigenvalue weighted by Gasteiger charge is -2.30. The van der Waals surface area contributed by atoms with Crippen LogP contribution in [0.25, 0.3) is 17.0 Å². The number of hydrogen-bond acceptors (Lipinski definition) is 6. The molecule has 1 atom stereocenters. The van der Waals surface area contributed by atoms with Gasteiger partial charge in [0.25, 0.3) is 11.8 Å². The van der Waals surface area contributed by atoms with E-state index < -0.39 is 5.91 Å². The van der Waals surface area contributed by atoms with Crippen molar-refractivity contribution in [1.29, 1.82) is 0 Å². The fourth-order valence-electron chi connectivity index (χ4n) is 6.04. The van der Waals surface area contributed by atoms with Gasteiger partial charge in [-0.1, -0.05) is 18.2 Å². The Morgan fingerprint density at radius 1 is 1.19 bits per heavy atom. The van der Waals surface area contributed by atoms with Gasteiger partial charge in [-0.15, -0.1) is 0 Å². The van der Waals surface area contributed by atoms with E-state index in [0.717, 1.165) is 46.9 Å². The molecule has 6 rings (SSSR count). The van der Waals surface area contributed by atoms with Crippen molar-refractivity contribution in [2.75, 3.05) is 32.8 Å². The number of aromatic nitrogens is 3. The lowest BCUT2D eigenvalue weighted by Crippen LogP contribution is -2.41. The van der Waals surface area contributed by atoms with Crippen molar-refractivity contribution >= 4 is 28.8 Å². The molecule has 4 aromatic rings. The monoisotopic (exact) mass is 572 g/mol. The summed E-state index contributed by atoms with van der Waals surface area (Å²) < 4.78 is 19.2. The number of hydrogen-bond donors (Lipinski definition) is 4. The Morgan fingerprint density at radius 3 is 2.88 bits per heavy atom. The number of rotatable bonds is 9. The molecule has 0 bridgehead atoms. The molecule has 0 saturated carbocycles. The zero-order valence-corrected chi connectivity index (χ0v) is 23.1. The molecule has 1 fully saturated rings. The third kappa shape index (κ3) is 5.85. The van der Waals surface area contributed by atoms with E-state index in [1.807, 2.05) is 18.3 Å². The molecule has 1 unspecified atom stereocenters. The van der Waals surface area contributed by atoms with Gasteiger partial charge in [-0.25, -0.2) is 9.87 Å². The maximum Gasteiger partial charge on any atom is 0.272 e. The number of morpholine rings is 1. The van der Waals surface area contributed by atoms with Crippen molar-refractivity contribution in [3.8, 4) is 0 Å². The molecule has 2 amide bonds. The molecule has 0 spiro atoms. The van der Waals surface area contributed by atoms with Crippen LogP contribution in [0.15, 0.2) is 54.9 Å². The molecule has 1 saturated heterocycles. The Labute approximate surface area is 242 Å². The van der Waals surface area contributed by atoms with Crippen LogP contribution < -0.4 is 5.48 Å². The van der Waals surface area contributed by atoms with E-state index >= 15 is 0 Å². The van der Waals surface area contributed by atoms with Crippen LogP contribution in [0.4, 0.5) is 4.39 Å². The van der Waals surface area contributed by atoms with Crippen LogP contribution in [0, 0.1) is 5.82 Å². The minimum atomic E-state index is -0.581. The average molecular weight is 573 g/mol. The van der Waals surface area contributed by atoms with E-state index in [4.69, 9.17) is 9.94 Å². The maximum absolute atomic E-state index is 13.8. The van der Waals surface area contributed by atoms with Crippen LogP contribution in [0.1, 0.15) is 50.8 Å². The van der Waals surface area contributed by atoms with Gasteiger partial charge in [0.05, 0.1) is 19.4 Å². The van der Waals surface area contributed by atoms with E-state index in [1.165, 1.54) is 29.3 Å². The summed E-state index contributed by atoms with van der Waals surface area (Å²) in [5, 5.41) is 17.0. The maximum atomic E-state index is 13.8. The molecule has 3 heterocycles. The van der Waals surface area contributed by atoms with E-state index in [2.05, 4.69) is 32.2 Å². The molecular formula is C31H33FN6O4. The normalized spacial score (nSPS) is 16.9. The van der Waals surface area contributed by atoms with Gasteiger partial charge in [0.1, 0.15) is 11.5 Å². The molecule has 4 N–H and O–H groups in total. The van der Waals surface area contributed by atoms with E-state index in [1.54, 1.807) is 22.7 Å². The molecule has 2 aliphatic rings. The van der Waals surface area contributed by atoms with Gasteiger partial charge in [0.15, 0.2) is 0 Å². The lowest BCUT2D eigenvalue weighted by molar-refractivity contribution is -0.124. The Bertz CT molecular complexity index is 1620. The highest BCUT2D eigenvalue weighted by Crippen LogP contribution is 2.38. The number of fused-ring (bicyclic) bond motifs is 2. The van der Waals surface area contributed by atoms with Crippen molar-refractivity contribution in [3.05, 3.63) is 94.2 Å². The number of carbonyl (C=O) groups is 2. The van der Waals surface area contributed by atoms with E-state index in [-0.39, 0.29) is 17.8 Å². The molecule has 218 valence electrons. The topological polar surface area (TPSA) is 127 Å². The third-order valence-corrected chi connectivity index (χ3v) is 8.19. The second-order valence-corrected chi connectivity index (χ2v) is 10.7. The third-order valence-electron chi connectivity index (χ3n) is 8.19. The second kappa shape index (κ2) is 12.3. The number of aromatic amines is 2. The van der Waals surface area contributed by atoms with Gasteiger partial charge >= 0.3 is 0 Å². The van der Waals surface area contributed by atoms with Crippen molar-refractivity contribution in [1.82, 2.24) is 30.5 Å². The number of halogens is 1. The Balaban J connectivity index is 1.27. The molecule has 11 heteroatoms. The average Bonchev–Trinajstić information content (AvgIpc) is 3.76. The minimum Gasteiger partial charge on any atom is -0.378 e. The van der Waals surface area contributed by atoms with Crippen molar-refractivity contribution in [2.24, 2.45) is 0 Å². The highest BCUT2D eigenvalue weighted by molar-refractivity contribution is 5.93. The summed E-state index contributed by atoms with van der Waals surface area (Å²) in [6.07, 6.45) is 9.16. The summed E-state index contributed by atoms with van der Waals surface area (Å²) in [5.41, 5.74) is 8.13. The van der Waals surface area contributed by atoms with Crippen LogP contribution in [0.3, 0.4) is 0 Å². The van der Waals surface area contributed by atoms with Gasteiger partial charge in [-0.2, -0.15) is 5.10 Å². The van der Waals surface area contributed by atoms with Gasteiger partial charge in [0, 0.05) is 61.0 Å². The fourth-order valence-corrected chi connectivity index (χ4v) is 6.04. The molecule has 2 aromatic carbocycles. The molecule has 0 radical (unpaired) electrons. The Kier molecular flexibility index (Phi) is 8.13. The van der Waals surface area contributed by atoms with Crippen LogP contribution in [0.5, 0.6) is 0 Å². The fraction of sp³-hybridized carbons (Fsp3) is 0.323. The number of carbonyl (C=O) groups excluding carboxylic acids is 2. The van der Waals surface area contributed by atoms with Crippen molar-refractivity contribution in [2.45, 2.75) is 31.8 Å². The molecule has 42 heavy (non-hydrogen) atoms. The van der Waals surface area contributed by atoms with Crippen LogP contribution in [-0.4, -0.2) is 74.9 Å². The van der Waals surface area contributed by atoms with Crippen LogP contribution in [0.2, 0.25) is 0 Å². The van der Waals surface area contributed by atoms with Crippen LogP contribution >= 0.6 is 0 Å². The first-order chi connectivity index (χ1) is 20.5. The highest BCUT2D eigenvalue weighted by Gasteiger charge is 2.30. The van der Waals surface area contributed by atoms with Crippen molar-refractivity contribution in [3.63, 3.8) is 0 Å². The Hall–Kier alpha value is -4.32. The number of amides is 2. The molecule has 1 aliphatic carbocycles. The van der Waals surface area contributed by atoms with E-state index in [9.17, 15) is 14.0 Å². The van der Waals surface area contributed by atoms with Gasteiger partial charge in [0.2, 0.25) is 0 Å². The largest absolute Gasteiger partial charge is 0.378 e. The number of aryl methyl sites for hydroxylation is 1. The molecular weight excluding hydrogens is 539 g/mol. The second-order valence-electron chi connectivity index (χ2n) is 10.7. The summed E-state index contributed by atoms with van der Waals surface area (Å²) in [6, 6.07) is 11.1. The summed E-state index contributed by atoms with van der Waals surface area (Å²) in [7, 11) is 0. The first kappa shape index (κ1) is 27.8. The molecule has 2 aromatic heterocycles. The number of nitrogens with zero attached hydrogens (tertiary/aromatic N) is 3. The number of H-pyrrole nitrogens is 2. The molecule has 10 nitrogen and oxygen atoms in total. The predicted octanol–water partition coefficient (Wildman–Crippen LogP) is 3.75. The SMILES string of the molecule is O=C(C=Cc1ccc2c(c1)CCC2N(CCc1c[nH]c2cc(F)ccc12)Cc1cn[nH]c1C(=O)N1CCOCC1)NO. The first-order valence-electron chi connectivity index (χ1n) is 14.1. The lowest BCUT2D eigenvalue weighted by atomic mass is 10.0. The van der Waals surface area contributed by atoms with Gasteiger partial charge in [-0.05, 0) is 65.8 Å². The zero-order valence-electron chi connectivity index (χ0n) is 23.1. The van der Waals surface area contributed by atoms with Crippen molar-refractivity contribution < 1.29 is 23.9 Å². The summed E-state index contributed by atoms with van der Waals surface area (Å²) in [5.74, 6) is -0.926. The van der Waals surface area contributed by atoms with Crippen LogP contribution in [-0.2, 0) is 28.9 Å². The smallest absolute Gasteiger partial charge is 0.272 e. The first-order valence-corrected chi connectivity index (χ1v) is 14.1. The zero-order chi connectivity index (χ0) is 29.1. The predicted molar refractivity (Wildman–Crippen MR) is 154 cm³/mol. The number of hydroxylamine groups is 1. The summed E-state index contributed by atoms with van der Waals surface area (Å²) in [6.45, 7) is 3.39. The summed E-state index contributed by atoms with van der Waals surface area (Å²) in [4.78, 5) is 32.2. The Morgan fingerprint density at radius 2 is 2.05 bits per heavy atom. The number of ether oxygens (including phenoxy) is 1. The minimum absolute atomic E-state index is 0.0698. The van der Waals surface area contributed by atoms with Gasteiger partial charge in [-0.3, -0.25) is 24.8 Å². The number of benzene rings is 2. The highest BCUT2D eigenvalue weighted by atomic mass is 19.1. The van der Waals surface area contributed by atoms with Gasteiger partial charge < -0.3 is 14.6 Å². The standard InChI is InChI=1S/C31H33FN6O4/c32-24-4-6-25-22(17-33-27(25)16-24)9-10-38(19-23-18-34-35-30(23)31(40)37-11-13-42-14-12-37)28-7-3-21-15-20(1-5-26(21)28)2-8-29(39)36-41/h1-2,4-6,8,15-18,28,33,41H,3,7,9-14,19H2,(H,34,35)(H,36,39). The quantitative estimate of drug-likeness (QED) is 0.138. The summed E-state index contributed by atoms with van der Waals surface area (Å²) >= 11 is 0.